The molecule has 2 rings (SSSR count). The lowest BCUT2D eigenvalue weighted by Crippen LogP contribution is -2.22. The quantitative estimate of drug-likeness (QED) is 0.713. The predicted molar refractivity (Wildman–Crippen MR) is 50.8 cm³/mol. The number of hydrogen-bond donors (Lipinski definition) is 2. The Morgan fingerprint density at radius 1 is 1.33 bits per heavy atom. The fraction of sp³-hybridized carbons (Fsp3) is 0.111. The standard InChI is InChI=1S/C9H6ClFN2O2/c10-5-2-1-4(3-6(5)11)7-8(14)13-9(15)12-7/h1-3,7H,(H2,12,13,14,15). The van der Waals surface area contributed by atoms with Gasteiger partial charge in [0.15, 0.2) is 0 Å². The topological polar surface area (TPSA) is 58.2 Å². The Bertz CT molecular complexity index is 450. The van der Waals surface area contributed by atoms with Crippen molar-refractivity contribution in [2.75, 3.05) is 0 Å². The summed E-state index contributed by atoms with van der Waals surface area (Å²) in [7, 11) is 0. The van der Waals surface area contributed by atoms with Gasteiger partial charge in [-0.1, -0.05) is 17.7 Å². The lowest BCUT2D eigenvalue weighted by Gasteiger charge is -2.07. The van der Waals surface area contributed by atoms with Gasteiger partial charge in [-0.25, -0.2) is 9.18 Å². The Balaban J connectivity index is 2.34. The third kappa shape index (κ3) is 1.78. The van der Waals surface area contributed by atoms with Crippen LogP contribution in [0.2, 0.25) is 5.02 Å². The molecule has 0 radical (unpaired) electrons. The molecule has 0 aliphatic carbocycles. The third-order valence-electron chi connectivity index (χ3n) is 2.05. The fourth-order valence-corrected chi connectivity index (χ4v) is 1.46. The zero-order valence-corrected chi connectivity index (χ0v) is 8.14. The Kier molecular flexibility index (Phi) is 2.32. The van der Waals surface area contributed by atoms with Crippen LogP contribution in [-0.4, -0.2) is 11.9 Å². The van der Waals surface area contributed by atoms with Crippen molar-refractivity contribution in [2.24, 2.45) is 0 Å². The highest BCUT2D eigenvalue weighted by molar-refractivity contribution is 6.30. The van der Waals surface area contributed by atoms with Gasteiger partial charge >= 0.3 is 6.03 Å². The number of rotatable bonds is 1. The van der Waals surface area contributed by atoms with Gasteiger partial charge in [-0.3, -0.25) is 10.1 Å². The zero-order chi connectivity index (χ0) is 11.0. The average molecular weight is 229 g/mol. The highest BCUT2D eigenvalue weighted by Gasteiger charge is 2.31. The third-order valence-corrected chi connectivity index (χ3v) is 2.36. The van der Waals surface area contributed by atoms with Crippen molar-refractivity contribution in [3.63, 3.8) is 0 Å². The van der Waals surface area contributed by atoms with Crippen LogP contribution in [0.5, 0.6) is 0 Å². The van der Waals surface area contributed by atoms with Gasteiger partial charge in [0.1, 0.15) is 11.9 Å². The van der Waals surface area contributed by atoms with E-state index in [2.05, 4.69) is 10.6 Å². The number of carbonyl (C=O) groups excluding carboxylic acids is 2. The molecule has 15 heavy (non-hydrogen) atoms. The van der Waals surface area contributed by atoms with Crippen molar-refractivity contribution in [1.82, 2.24) is 10.6 Å². The highest BCUT2D eigenvalue weighted by atomic mass is 35.5. The second kappa shape index (κ2) is 3.51. The number of halogens is 2. The summed E-state index contributed by atoms with van der Waals surface area (Å²) in [5, 5.41) is 4.39. The van der Waals surface area contributed by atoms with E-state index >= 15 is 0 Å². The van der Waals surface area contributed by atoms with Crippen LogP contribution in [0.1, 0.15) is 11.6 Å². The van der Waals surface area contributed by atoms with E-state index < -0.39 is 23.8 Å². The Morgan fingerprint density at radius 2 is 2.07 bits per heavy atom. The number of amides is 3. The van der Waals surface area contributed by atoms with Crippen LogP contribution >= 0.6 is 11.6 Å². The van der Waals surface area contributed by atoms with Crippen molar-refractivity contribution in [3.8, 4) is 0 Å². The molecule has 1 aliphatic heterocycles. The van der Waals surface area contributed by atoms with E-state index in [-0.39, 0.29) is 5.02 Å². The molecule has 1 unspecified atom stereocenters. The van der Waals surface area contributed by atoms with E-state index in [9.17, 15) is 14.0 Å². The molecule has 4 nitrogen and oxygen atoms in total. The Morgan fingerprint density at radius 3 is 2.60 bits per heavy atom. The number of imide groups is 1. The summed E-state index contributed by atoms with van der Waals surface area (Å²) in [4.78, 5) is 22.1. The van der Waals surface area contributed by atoms with Gasteiger partial charge < -0.3 is 5.32 Å². The molecule has 2 N–H and O–H groups in total. The molecule has 0 saturated carbocycles. The SMILES string of the molecule is O=C1NC(=O)C(c2ccc(Cl)c(F)c2)N1. The minimum atomic E-state index is -0.843. The van der Waals surface area contributed by atoms with Crippen molar-refractivity contribution >= 4 is 23.5 Å². The first-order valence-electron chi connectivity index (χ1n) is 4.14. The van der Waals surface area contributed by atoms with Crippen LogP contribution in [0.4, 0.5) is 9.18 Å². The summed E-state index contributed by atoms with van der Waals surface area (Å²) in [6.07, 6.45) is 0. The van der Waals surface area contributed by atoms with Crippen LogP contribution < -0.4 is 10.6 Å². The van der Waals surface area contributed by atoms with E-state index in [1.165, 1.54) is 12.1 Å². The molecule has 1 saturated heterocycles. The molecule has 3 amide bonds. The molecule has 1 aromatic rings. The number of urea groups is 1. The van der Waals surface area contributed by atoms with Crippen LogP contribution in [-0.2, 0) is 4.79 Å². The van der Waals surface area contributed by atoms with Crippen molar-refractivity contribution in [3.05, 3.63) is 34.6 Å². The van der Waals surface area contributed by atoms with Crippen molar-refractivity contribution in [1.29, 1.82) is 0 Å². The zero-order valence-electron chi connectivity index (χ0n) is 7.38. The Labute approximate surface area is 89.4 Å². The first kappa shape index (κ1) is 9.92. The summed E-state index contributed by atoms with van der Waals surface area (Å²) in [6.45, 7) is 0. The lowest BCUT2D eigenvalue weighted by molar-refractivity contribution is -0.120. The highest BCUT2D eigenvalue weighted by Crippen LogP contribution is 2.21. The van der Waals surface area contributed by atoms with Crippen LogP contribution in [0.25, 0.3) is 0 Å². The second-order valence-electron chi connectivity index (χ2n) is 3.07. The predicted octanol–water partition coefficient (Wildman–Crippen LogP) is 1.36. The van der Waals surface area contributed by atoms with Gasteiger partial charge in [0, 0.05) is 0 Å². The first-order valence-corrected chi connectivity index (χ1v) is 4.52. The normalized spacial score (nSPS) is 20.0. The maximum absolute atomic E-state index is 13.1. The van der Waals surface area contributed by atoms with Gasteiger partial charge in [0.25, 0.3) is 5.91 Å². The largest absolute Gasteiger partial charge is 0.322 e. The number of hydrogen-bond acceptors (Lipinski definition) is 2. The molecule has 1 atom stereocenters. The van der Waals surface area contributed by atoms with Gasteiger partial charge in [-0.15, -0.1) is 0 Å². The molecule has 1 heterocycles. The molecule has 78 valence electrons. The van der Waals surface area contributed by atoms with E-state index in [1.54, 1.807) is 0 Å². The van der Waals surface area contributed by atoms with E-state index in [0.717, 1.165) is 6.07 Å². The second-order valence-corrected chi connectivity index (χ2v) is 3.48. The molecule has 6 heteroatoms. The molecule has 0 bridgehead atoms. The smallest absolute Gasteiger partial charge is 0.322 e. The minimum absolute atomic E-state index is 0.0246. The van der Waals surface area contributed by atoms with Crippen LogP contribution in [0.15, 0.2) is 18.2 Å². The van der Waals surface area contributed by atoms with Crippen LogP contribution in [0.3, 0.4) is 0 Å². The molecule has 1 aromatic carbocycles. The van der Waals surface area contributed by atoms with E-state index in [0.29, 0.717) is 5.56 Å². The van der Waals surface area contributed by atoms with Crippen LogP contribution in [0, 0.1) is 5.82 Å². The number of nitrogens with one attached hydrogen (secondary N) is 2. The van der Waals surface area contributed by atoms with Gasteiger partial charge in [0.05, 0.1) is 5.02 Å². The number of benzene rings is 1. The summed E-state index contributed by atoms with van der Waals surface area (Å²) in [5.41, 5.74) is 0.361. The fourth-order valence-electron chi connectivity index (χ4n) is 1.34. The monoisotopic (exact) mass is 228 g/mol. The van der Waals surface area contributed by atoms with E-state index in [1.807, 2.05) is 0 Å². The summed E-state index contributed by atoms with van der Waals surface area (Å²) in [6, 6.07) is 2.52. The number of carbonyl (C=O) groups is 2. The molecule has 0 aromatic heterocycles. The molecule has 1 fully saturated rings. The van der Waals surface area contributed by atoms with Gasteiger partial charge in [-0.05, 0) is 17.7 Å². The molecular weight excluding hydrogens is 223 g/mol. The lowest BCUT2D eigenvalue weighted by atomic mass is 10.1. The molecule has 1 aliphatic rings. The summed E-state index contributed by atoms with van der Waals surface area (Å²) >= 11 is 5.49. The maximum atomic E-state index is 13.1. The Hall–Kier alpha value is -1.62. The molecular formula is C9H6ClFN2O2. The van der Waals surface area contributed by atoms with Gasteiger partial charge in [0.2, 0.25) is 0 Å². The maximum Gasteiger partial charge on any atom is 0.322 e. The van der Waals surface area contributed by atoms with E-state index in [4.69, 9.17) is 11.6 Å². The van der Waals surface area contributed by atoms with Crippen molar-refractivity contribution in [2.45, 2.75) is 6.04 Å². The van der Waals surface area contributed by atoms with Crippen molar-refractivity contribution < 1.29 is 14.0 Å². The summed E-state index contributed by atoms with van der Waals surface area (Å²) in [5.74, 6) is -1.12. The average Bonchev–Trinajstić information content (AvgIpc) is 2.50. The first-order chi connectivity index (χ1) is 7.08. The minimum Gasteiger partial charge on any atom is -0.322 e. The van der Waals surface area contributed by atoms with Gasteiger partial charge in [-0.2, -0.15) is 0 Å². The molecule has 0 spiro atoms. The summed E-state index contributed by atoms with van der Waals surface area (Å²) < 4.78 is 13.1.